The van der Waals surface area contributed by atoms with Gasteiger partial charge in [-0.1, -0.05) is 38.1 Å². The summed E-state index contributed by atoms with van der Waals surface area (Å²) in [5.74, 6) is 0.394. The molecule has 142 valence electrons. The third kappa shape index (κ3) is 5.05. The van der Waals surface area contributed by atoms with E-state index in [0.29, 0.717) is 24.6 Å². The molecule has 0 aliphatic heterocycles. The van der Waals surface area contributed by atoms with Crippen molar-refractivity contribution in [2.45, 2.75) is 45.8 Å². The van der Waals surface area contributed by atoms with E-state index in [1.165, 1.54) is 6.07 Å². The molecule has 1 heterocycles. The first-order chi connectivity index (χ1) is 12.4. The van der Waals surface area contributed by atoms with Crippen LogP contribution in [0.2, 0.25) is 0 Å². The third-order valence-corrected chi connectivity index (χ3v) is 5.03. The molecule has 0 fully saturated rings. The zero-order valence-electron chi connectivity index (χ0n) is 16.2. The van der Waals surface area contributed by atoms with Gasteiger partial charge in [-0.3, -0.25) is 4.90 Å². The van der Waals surface area contributed by atoms with Crippen molar-refractivity contribution in [3.63, 3.8) is 0 Å². The lowest BCUT2D eigenvalue weighted by Crippen LogP contribution is -2.48. The summed E-state index contributed by atoms with van der Waals surface area (Å²) in [6.45, 7) is 12.4. The molecule has 1 atom stereocenters. The first-order valence-electron chi connectivity index (χ1n) is 9.26. The molecule has 1 N–H and O–H groups in total. The van der Waals surface area contributed by atoms with Crippen molar-refractivity contribution < 1.29 is 9.50 Å². The van der Waals surface area contributed by atoms with Crippen LogP contribution in [0.5, 0.6) is 0 Å². The fourth-order valence-corrected chi connectivity index (χ4v) is 2.98. The summed E-state index contributed by atoms with van der Waals surface area (Å²) in [5, 5.41) is 9.92. The van der Waals surface area contributed by atoms with Gasteiger partial charge in [-0.15, -0.1) is 6.58 Å². The minimum Gasteiger partial charge on any atom is -0.394 e. The van der Waals surface area contributed by atoms with Gasteiger partial charge in [0.25, 0.3) is 0 Å². The van der Waals surface area contributed by atoms with E-state index in [9.17, 15) is 9.50 Å². The predicted molar refractivity (Wildman–Crippen MR) is 105 cm³/mol. The number of hydrogen-bond acceptors (Lipinski definition) is 2. The topological polar surface area (TPSA) is 28.4 Å². The van der Waals surface area contributed by atoms with Crippen molar-refractivity contribution >= 4 is 0 Å². The Labute approximate surface area is 156 Å². The number of rotatable bonds is 10. The standard InChI is InChI=1S/C22H31FN2O/c1-5-22(4,17-26)25(14-12-18(2)3)16-20-10-8-13-24(20)15-19-9-6-7-11-21(19)23/h5-11,13,18,26H,1,12,14-17H2,2-4H3/t22-/m1/s1. The first kappa shape index (κ1) is 20.4. The maximum atomic E-state index is 14.0. The molecule has 0 saturated carbocycles. The summed E-state index contributed by atoms with van der Waals surface area (Å²) in [6.07, 6.45) is 4.83. The van der Waals surface area contributed by atoms with E-state index < -0.39 is 5.54 Å². The molecule has 2 rings (SSSR count). The lowest BCUT2D eigenvalue weighted by molar-refractivity contribution is 0.0667. The molecule has 1 aromatic heterocycles. The Balaban J connectivity index is 2.22. The monoisotopic (exact) mass is 358 g/mol. The molecule has 0 radical (unpaired) electrons. The number of benzene rings is 1. The van der Waals surface area contributed by atoms with E-state index in [2.05, 4.69) is 36.0 Å². The smallest absolute Gasteiger partial charge is 0.128 e. The third-order valence-electron chi connectivity index (χ3n) is 5.03. The summed E-state index contributed by atoms with van der Waals surface area (Å²) < 4.78 is 16.1. The maximum Gasteiger partial charge on any atom is 0.128 e. The second kappa shape index (κ2) is 9.15. The Bertz CT molecular complexity index is 710. The molecular weight excluding hydrogens is 327 g/mol. The zero-order valence-corrected chi connectivity index (χ0v) is 16.2. The zero-order chi connectivity index (χ0) is 19.2. The van der Waals surface area contributed by atoms with Gasteiger partial charge >= 0.3 is 0 Å². The van der Waals surface area contributed by atoms with Crippen LogP contribution in [0.15, 0.2) is 55.3 Å². The summed E-state index contributed by atoms with van der Waals surface area (Å²) in [5.41, 5.74) is 1.29. The van der Waals surface area contributed by atoms with Crippen molar-refractivity contribution in [3.05, 3.63) is 72.3 Å². The van der Waals surface area contributed by atoms with Crippen LogP contribution in [0.25, 0.3) is 0 Å². The van der Waals surface area contributed by atoms with Gasteiger partial charge in [0, 0.05) is 24.0 Å². The van der Waals surface area contributed by atoms with Crippen molar-refractivity contribution in [2.75, 3.05) is 13.2 Å². The molecule has 26 heavy (non-hydrogen) atoms. The molecule has 3 nitrogen and oxygen atoms in total. The summed E-state index contributed by atoms with van der Waals surface area (Å²) in [7, 11) is 0. The Morgan fingerprint density at radius 3 is 2.62 bits per heavy atom. The number of hydrogen-bond donors (Lipinski definition) is 1. The van der Waals surface area contributed by atoms with Crippen LogP contribution in [0, 0.1) is 11.7 Å². The van der Waals surface area contributed by atoms with Gasteiger partial charge < -0.3 is 9.67 Å². The molecule has 0 spiro atoms. The SMILES string of the molecule is C=C[C@](C)(CO)N(CCC(C)C)Cc1cccn1Cc1ccccc1F. The first-order valence-corrected chi connectivity index (χ1v) is 9.26. The normalized spacial score (nSPS) is 14.0. The van der Waals surface area contributed by atoms with Crippen LogP contribution in [0.1, 0.15) is 38.4 Å². The average Bonchev–Trinajstić information content (AvgIpc) is 3.06. The lowest BCUT2D eigenvalue weighted by atomic mass is 9.99. The maximum absolute atomic E-state index is 14.0. The average molecular weight is 359 g/mol. The predicted octanol–water partition coefficient (Wildman–Crippen LogP) is 4.46. The summed E-state index contributed by atoms with van der Waals surface area (Å²) in [6, 6.07) is 10.9. The van der Waals surface area contributed by atoms with Gasteiger partial charge in [0.05, 0.1) is 18.7 Å². The van der Waals surface area contributed by atoms with Crippen LogP contribution in [-0.2, 0) is 13.1 Å². The quantitative estimate of drug-likeness (QED) is 0.635. The molecule has 0 aliphatic rings. The van der Waals surface area contributed by atoms with Crippen LogP contribution < -0.4 is 0 Å². The Hall–Kier alpha value is -1.91. The second-order valence-corrected chi connectivity index (χ2v) is 7.54. The number of aromatic nitrogens is 1. The minimum absolute atomic E-state index is 0.0165. The van der Waals surface area contributed by atoms with Crippen LogP contribution in [-0.4, -0.2) is 33.3 Å². The van der Waals surface area contributed by atoms with Crippen molar-refractivity contribution in [1.82, 2.24) is 9.47 Å². The fraction of sp³-hybridized carbons (Fsp3) is 0.455. The van der Waals surface area contributed by atoms with Gasteiger partial charge in [-0.2, -0.15) is 0 Å². The molecular formula is C22H31FN2O. The molecule has 0 amide bonds. The van der Waals surface area contributed by atoms with E-state index in [0.717, 1.165) is 18.7 Å². The van der Waals surface area contributed by atoms with E-state index in [4.69, 9.17) is 0 Å². The van der Waals surface area contributed by atoms with Gasteiger partial charge in [-0.25, -0.2) is 4.39 Å². The van der Waals surface area contributed by atoms with E-state index in [1.807, 2.05) is 37.4 Å². The van der Waals surface area contributed by atoms with Crippen LogP contribution >= 0.6 is 0 Å². The Morgan fingerprint density at radius 2 is 2.00 bits per heavy atom. The van der Waals surface area contributed by atoms with Gasteiger partial charge in [-0.05, 0) is 44.0 Å². The van der Waals surface area contributed by atoms with Crippen molar-refractivity contribution in [1.29, 1.82) is 0 Å². The molecule has 0 saturated heterocycles. The van der Waals surface area contributed by atoms with Crippen molar-refractivity contribution in [2.24, 2.45) is 5.92 Å². The molecule has 0 unspecified atom stereocenters. The highest BCUT2D eigenvalue weighted by Gasteiger charge is 2.28. The Kier molecular flexibility index (Phi) is 7.18. The highest BCUT2D eigenvalue weighted by molar-refractivity contribution is 5.20. The summed E-state index contributed by atoms with van der Waals surface area (Å²) >= 11 is 0. The molecule has 2 aromatic rings. The van der Waals surface area contributed by atoms with Crippen molar-refractivity contribution in [3.8, 4) is 0 Å². The summed E-state index contributed by atoms with van der Waals surface area (Å²) in [4.78, 5) is 2.26. The molecule has 1 aromatic carbocycles. The highest BCUT2D eigenvalue weighted by atomic mass is 19.1. The minimum atomic E-state index is -0.484. The van der Waals surface area contributed by atoms with Crippen LogP contribution in [0.4, 0.5) is 4.39 Å². The molecule has 0 aliphatic carbocycles. The molecule has 4 heteroatoms. The van der Waals surface area contributed by atoms with Gasteiger partial charge in [0.2, 0.25) is 0 Å². The van der Waals surface area contributed by atoms with E-state index >= 15 is 0 Å². The van der Waals surface area contributed by atoms with Gasteiger partial charge in [0.15, 0.2) is 0 Å². The largest absolute Gasteiger partial charge is 0.394 e. The number of halogens is 1. The highest BCUT2D eigenvalue weighted by Crippen LogP contribution is 2.22. The van der Waals surface area contributed by atoms with E-state index in [1.54, 1.807) is 6.07 Å². The number of aliphatic hydroxyl groups excluding tert-OH is 1. The second-order valence-electron chi connectivity index (χ2n) is 7.54. The lowest BCUT2D eigenvalue weighted by Gasteiger charge is -2.38. The molecule has 0 bridgehead atoms. The van der Waals surface area contributed by atoms with E-state index in [-0.39, 0.29) is 12.4 Å². The van der Waals surface area contributed by atoms with Gasteiger partial charge in [0.1, 0.15) is 5.82 Å². The van der Waals surface area contributed by atoms with Crippen LogP contribution in [0.3, 0.4) is 0 Å². The number of aliphatic hydroxyl groups is 1. The number of nitrogens with zero attached hydrogens (tertiary/aromatic N) is 2. The Morgan fingerprint density at radius 1 is 1.27 bits per heavy atom. The fourth-order valence-electron chi connectivity index (χ4n) is 2.98.